The quantitative estimate of drug-likeness (QED) is 0.778. The van der Waals surface area contributed by atoms with Crippen LogP contribution in [0, 0.1) is 6.92 Å². The van der Waals surface area contributed by atoms with E-state index in [1.165, 1.54) is 12.1 Å². The summed E-state index contributed by atoms with van der Waals surface area (Å²) in [6, 6.07) is 7.71. The van der Waals surface area contributed by atoms with Crippen LogP contribution in [0.5, 0.6) is 0 Å². The van der Waals surface area contributed by atoms with Gasteiger partial charge in [-0.1, -0.05) is 6.07 Å². The van der Waals surface area contributed by atoms with E-state index in [-0.39, 0.29) is 5.56 Å². The molecule has 2 aromatic heterocycles. The molecule has 0 atom stereocenters. The van der Waals surface area contributed by atoms with E-state index < -0.39 is 17.6 Å². The van der Waals surface area contributed by atoms with Crippen molar-refractivity contribution in [1.29, 1.82) is 0 Å². The van der Waals surface area contributed by atoms with Crippen LogP contribution < -0.4 is 5.32 Å². The van der Waals surface area contributed by atoms with Crippen molar-refractivity contribution in [2.45, 2.75) is 13.1 Å². The Kier molecular flexibility index (Phi) is 3.55. The number of alkyl halides is 3. The molecule has 0 spiro atoms. The highest BCUT2D eigenvalue weighted by Gasteiger charge is 2.30. The van der Waals surface area contributed by atoms with Gasteiger partial charge in [-0.25, -0.2) is 4.98 Å². The lowest BCUT2D eigenvalue weighted by atomic mass is 10.1. The van der Waals surface area contributed by atoms with E-state index in [1.807, 2.05) is 0 Å². The molecule has 0 aliphatic heterocycles. The van der Waals surface area contributed by atoms with E-state index in [4.69, 9.17) is 0 Å². The minimum absolute atomic E-state index is 0.0510. The Morgan fingerprint density at radius 3 is 2.74 bits per heavy atom. The number of benzene rings is 1. The maximum absolute atomic E-state index is 12.7. The Morgan fingerprint density at radius 2 is 2.00 bits per heavy atom. The molecule has 1 aromatic carbocycles. The summed E-state index contributed by atoms with van der Waals surface area (Å²) < 4.78 is 39.9. The van der Waals surface area contributed by atoms with Gasteiger partial charge < -0.3 is 9.72 Å². The van der Waals surface area contributed by atoms with Crippen molar-refractivity contribution in [3.8, 4) is 0 Å². The van der Waals surface area contributed by atoms with Gasteiger partial charge in [-0.05, 0) is 37.3 Å². The second-order valence-electron chi connectivity index (χ2n) is 5.02. The lowest BCUT2D eigenvalue weighted by Gasteiger charge is -2.11. The van der Waals surface area contributed by atoms with Gasteiger partial charge in [0.25, 0.3) is 5.91 Å². The van der Waals surface area contributed by atoms with Crippen molar-refractivity contribution in [3.05, 3.63) is 65.6 Å². The van der Waals surface area contributed by atoms with E-state index >= 15 is 0 Å². The Balaban J connectivity index is 1.90. The molecule has 0 saturated heterocycles. The van der Waals surface area contributed by atoms with E-state index in [0.717, 1.165) is 23.5 Å². The highest BCUT2D eigenvalue weighted by Crippen LogP contribution is 2.29. The van der Waals surface area contributed by atoms with Gasteiger partial charge in [-0.3, -0.25) is 4.79 Å². The van der Waals surface area contributed by atoms with E-state index in [1.54, 1.807) is 35.9 Å². The zero-order valence-corrected chi connectivity index (χ0v) is 12.1. The molecular formula is C16H12F3N3O. The highest BCUT2D eigenvalue weighted by molar-refractivity contribution is 6.04. The summed E-state index contributed by atoms with van der Waals surface area (Å²) in [6.07, 6.45) is -1.12. The summed E-state index contributed by atoms with van der Waals surface area (Å²) in [5.74, 6) is -0.598. The summed E-state index contributed by atoms with van der Waals surface area (Å²) in [4.78, 5) is 16.3. The first-order chi connectivity index (χ1) is 10.9. The van der Waals surface area contributed by atoms with Gasteiger partial charge in [-0.15, -0.1) is 0 Å². The van der Waals surface area contributed by atoms with Crippen molar-refractivity contribution in [2.75, 3.05) is 5.32 Å². The summed E-state index contributed by atoms with van der Waals surface area (Å²) in [5.41, 5.74) is 1.06. The van der Waals surface area contributed by atoms with Crippen molar-refractivity contribution < 1.29 is 18.0 Å². The lowest BCUT2D eigenvalue weighted by molar-refractivity contribution is -0.137. The van der Waals surface area contributed by atoms with Gasteiger partial charge in [0.1, 0.15) is 5.65 Å². The first-order valence-corrected chi connectivity index (χ1v) is 6.77. The normalized spacial score (nSPS) is 11.7. The number of anilines is 1. The number of nitrogens with one attached hydrogen (secondary N) is 1. The van der Waals surface area contributed by atoms with E-state index in [0.29, 0.717) is 5.69 Å². The minimum atomic E-state index is -4.48. The Morgan fingerprint density at radius 1 is 1.22 bits per heavy atom. The largest absolute Gasteiger partial charge is 0.416 e. The van der Waals surface area contributed by atoms with Crippen LogP contribution in [0.2, 0.25) is 0 Å². The molecule has 4 nitrogen and oxygen atoms in total. The summed E-state index contributed by atoms with van der Waals surface area (Å²) >= 11 is 0. The predicted octanol–water partition coefficient (Wildman–Crippen LogP) is 3.91. The fraction of sp³-hybridized carbons (Fsp3) is 0.125. The molecule has 0 bridgehead atoms. The number of amides is 1. The van der Waals surface area contributed by atoms with Gasteiger partial charge in [0.15, 0.2) is 0 Å². The Bertz CT molecular complexity index is 884. The van der Waals surface area contributed by atoms with Gasteiger partial charge in [0, 0.05) is 23.7 Å². The third-order valence-electron chi connectivity index (χ3n) is 3.52. The van der Waals surface area contributed by atoms with Gasteiger partial charge in [-0.2, -0.15) is 13.2 Å². The van der Waals surface area contributed by atoms with Gasteiger partial charge in [0.2, 0.25) is 0 Å². The number of nitrogens with zero attached hydrogens (tertiary/aromatic N) is 2. The SMILES string of the molecule is Cc1c(NC(=O)c2cccc(C(F)(F)F)c2)ccc2nccn12. The summed E-state index contributed by atoms with van der Waals surface area (Å²) in [5, 5.41) is 2.63. The summed E-state index contributed by atoms with van der Waals surface area (Å²) in [7, 11) is 0. The van der Waals surface area contributed by atoms with Crippen LogP contribution in [0.15, 0.2) is 48.8 Å². The molecule has 2 heterocycles. The highest BCUT2D eigenvalue weighted by atomic mass is 19.4. The fourth-order valence-corrected chi connectivity index (χ4v) is 2.29. The van der Waals surface area contributed by atoms with Crippen molar-refractivity contribution >= 4 is 17.2 Å². The zero-order valence-electron chi connectivity index (χ0n) is 12.1. The van der Waals surface area contributed by atoms with Crippen LogP contribution in [-0.4, -0.2) is 15.3 Å². The molecule has 3 aromatic rings. The number of rotatable bonds is 2. The predicted molar refractivity (Wildman–Crippen MR) is 79.3 cm³/mol. The second kappa shape index (κ2) is 5.42. The van der Waals surface area contributed by atoms with Crippen LogP contribution in [0.1, 0.15) is 21.6 Å². The molecule has 7 heteroatoms. The lowest BCUT2D eigenvalue weighted by Crippen LogP contribution is -2.15. The average Bonchev–Trinajstić information content (AvgIpc) is 2.99. The molecule has 0 radical (unpaired) electrons. The Labute approximate surface area is 129 Å². The van der Waals surface area contributed by atoms with Crippen LogP contribution >= 0.6 is 0 Å². The Hall–Kier alpha value is -2.83. The molecule has 0 fully saturated rings. The number of pyridine rings is 1. The molecule has 0 saturated carbocycles. The first kappa shape index (κ1) is 15.1. The van der Waals surface area contributed by atoms with Crippen molar-refractivity contribution in [2.24, 2.45) is 0 Å². The molecular weight excluding hydrogens is 307 g/mol. The van der Waals surface area contributed by atoms with Gasteiger partial charge in [0.05, 0.1) is 11.3 Å². The molecule has 1 amide bonds. The number of aromatic nitrogens is 2. The number of fused-ring (bicyclic) bond motifs is 1. The minimum Gasteiger partial charge on any atom is -0.320 e. The van der Waals surface area contributed by atoms with Crippen LogP contribution in [0.3, 0.4) is 0 Å². The van der Waals surface area contributed by atoms with Crippen LogP contribution in [-0.2, 0) is 6.18 Å². The molecule has 3 rings (SSSR count). The standard InChI is InChI=1S/C16H12F3N3O/c1-10-13(5-6-14-20-7-8-22(10)14)21-15(23)11-3-2-4-12(9-11)16(17,18)19/h2-9H,1H3,(H,21,23). The topological polar surface area (TPSA) is 46.4 Å². The molecule has 0 unspecified atom stereocenters. The number of hydrogen-bond donors (Lipinski definition) is 1. The van der Waals surface area contributed by atoms with Crippen molar-refractivity contribution in [3.63, 3.8) is 0 Å². The molecule has 0 aliphatic carbocycles. The third-order valence-corrected chi connectivity index (χ3v) is 3.52. The number of carbonyl (C=O) groups is 1. The number of imidazole rings is 1. The third kappa shape index (κ3) is 2.90. The van der Waals surface area contributed by atoms with E-state index in [2.05, 4.69) is 10.3 Å². The van der Waals surface area contributed by atoms with E-state index in [9.17, 15) is 18.0 Å². The number of carbonyl (C=O) groups excluding carboxylic acids is 1. The number of aryl methyl sites for hydroxylation is 1. The molecule has 23 heavy (non-hydrogen) atoms. The fourth-order valence-electron chi connectivity index (χ4n) is 2.29. The molecule has 0 aliphatic rings. The zero-order chi connectivity index (χ0) is 16.6. The first-order valence-electron chi connectivity index (χ1n) is 6.77. The smallest absolute Gasteiger partial charge is 0.320 e. The monoisotopic (exact) mass is 319 g/mol. The number of halogens is 3. The van der Waals surface area contributed by atoms with Crippen LogP contribution in [0.25, 0.3) is 5.65 Å². The van der Waals surface area contributed by atoms with Crippen LogP contribution in [0.4, 0.5) is 18.9 Å². The molecule has 1 N–H and O–H groups in total. The van der Waals surface area contributed by atoms with Crippen molar-refractivity contribution in [1.82, 2.24) is 9.38 Å². The average molecular weight is 319 g/mol. The number of hydrogen-bond acceptors (Lipinski definition) is 2. The second-order valence-corrected chi connectivity index (χ2v) is 5.02. The maximum atomic E-state index is 12.7. The summed E-state index contributed by atoms with van der Waals surface area (Å²) in [6.45, 7) is 1.79. The van der Waals surface area contributed by atoms with Gasteiger partial charge >= 0.3 is 6.18 Å². The molecule has 118 valence electrons. The maximum Gasteiger partial charge on any atom is 0.416 e.